The van der Waals surface area contributed by atoms with Gasteiger partial charge in [-0.1, -0.05) is 34.5 Å². The van der Waals surface area contributed by atoms with Gasteiger partial charge in [0.1, 0.15) is 11.6 Å². The highest BCUT2D eigenvalue weighted by atomic mass is 16.5. The van der Waals surface area contributed by atoms with Gasteiger partial charge < -0.3 is 20.7 Å². The molecule has 2 amide bonds. The van der Waals surface area contributed by atoms with E-state index in [1.807, 2.05) is 61.8 Å². The number of nitrogens with two attached hydrogens (primary N) is 1. The number of H-pyrrole nitrogens is 1. The maximum Gasteiger partial charge on any atom is 0.361 e. The summed E-state index contributed by atoms with van der Waals surface area (Å²) in [4.78, 5) is 32.2. The number of rotatable bonds is 7. The average Bonchev–Trinajstić information content (AvgIpc) is 3.77. The van der Waals surface area contributed by atoms with Crippen LogP contribution in [-0.2, 0) is 7.05 Å². The summed E-state index contributed by atoms with van der Waals surface area (Å²) >= 11 is 0. The molecule has 206 valence electrons. The lowest BCUT2D eigenvalue weighted by atomic mass is 10.0. The van der Waals surface area contributed by atoms with Gasteiger partial charge in [-0.15, -0.1) is 0 Å². The van der Waals surface area contributed by atoms with E-state index in [1.165, 1.54) is 0 Å². The number of nitrogen functional groups attached to an aromatic ring is 1. The van der Waals surface area contributed by atoms with Gasteiger partial charge in [0.25, 0.3) is 11.8 Å². The van der Waals surface area contributed by atoms with Gasteiger partial charge in [0.2, 0.25) is 0 Å². The number of aromatic amines is 1. The molecule has 5 aromatic rings. The van der Waals surface area contributed by atoms with Crippen molar-refractivity contribution in [3.05, 3.63) is 84.3 Å². The lowest BCUT2D eigenvalue weighted by molar-refractivity contribution is 0.0783. The van der Waals surface area contributed by atoms with Gasteiger partial charge in [-0.3, -0.25) is 14.3 Å². The summed E-state index contributed by atoms with van der Waals surface area (Å²) < 4.78 is 7.18. The minimum atomic E-state index is -0.321. The standard InChI is InChI=1S/C28H26N10O3/c1-37-15-21(14-31-37)20-12-24(25(29)30-13-20)26(39)32-22-10-11-38(16-22)27(40)19-4-2-17(3-5-19)18-6-8-23(9-7-18)41-28-33-35-36-34-28/h2-9,12-15,22H,10-11,16H2,1H3,(H2,29,30)(H,32,39)(H,33,34,35,36)/t22-/m1/s1. The van der Waals surface area contributed by atoms with Crippen LogP contribution < -0.4 is 15.8 Å². The van der Waals surface area contributed by atoms with Crippen molar-refractivity contribution in [2.75, 3.05) is 18.8 Å². The van der Waals surface area contributed by atoms with Gasteiger partial charge in [0.15, 0.2) is 0 Å². The first-order valence-electron chi connectivity index (χ1n) is 12.9. The summed E-state index contributed by atoms with van der Waals surface area (Å²) in [5, 5.41) is 20.5. The first-order chi connectivity index (χ1) is 19.9. The van der Waals surface area contributed by atoms with Gasteiger partial charge in [-0.2, -0.15) is 10.3 Å². The van der Waals surface area contributed by atoms with Crippen LogP contribution in [0.4, 0.5) is 5.82 Å². The third-order valence-corrected chi connectivity index (χ3v) is 6.87. The number of aryl methyl sites for hydroxylation is 1. The summed E-state index contributed by atoms with van der Waals surface area (Å²) in [6.07, 6.45) is 5.80. The van der Waals surface area contributed by atoms with Crippen LogP contribution in [0.15, 0.2) is 73.2 Å². The van der Waals surface area contributed by atoms with Crippen molar-refractivity contribution in [3.8, 4) is 34.0 Å². The lowest BCUT2D eigenvalue weighted by Crippen LogP contribution is -2.38. The van der Waals surface area contributed by atoms with Gasteiger partial charge in [-0.25, -0.2) is 4.98 Å². The molecule has 1 saturated heterocycles. The van der Waals surface area contributed by atoms with E-state index >= 15 is 0 Å². The predicted molar refractivity (Wildman–Crippen MR) is 149 cm³/mol. The molecule has 3 aromatic heterocycles. The molecular formula is C28H26N10O3. The van der Waals surface area contributed by atoms with Crippen molar-refractivity contribution in [1.29, 1.82) is 0 Å². The number of tetrazole rings is 1. The number of benzene rings is 2. The molecule has 1 fully saturated rings. The summed E-state index contributed by atoms with van der Waals surface area (Å²) in [6.45, 7) is 0.945. The van der Waals surface area contributed by atoms with Crippen molar-refractivity contribution in [1.82, 2.24) is 45.6 Å². The van der Waals surface area contributed by atoms with E-state index in [4.69, 9.17) is 10.5 Å². The Hall–Kier alpha value is -5.59. The second-order valence-corrected chi connectivity index (χ2v) is 9.67. The largest absolute Gasteiger partial charge is 0.422 e. The normalized spacial score (nSPS) is 14.7. The van der Waals surface area contributed by atoms with Gasteiger partial charge in [-0.05, 0) is 53.1 Å². The third kappa shape index (κ3) is 5.59. The Bertz CT molecular complexity index is 1680. The number of pyridine rings is 1. The molecule has 13 nitrogen and oxygen atoms in total. The van der Waals surface area contributed by atoms with Gasteiger partial charge >= 0.3 is 6.01 Å². The molecule has 0 spiro atoms. The zero-order valence-corrected chi connectivity index (χ0v) is 22.1. The van der Waals surface area contributed by atoms with E-state index in [0.717, 1.165) is 22.3 Å². The quantitative estimate of drug-likeness (QED) is 0.276. The van der Waals surface area contributed by atoms with E-state index in [2.05, 4.69) is 36.0 Å². The Morgan fingerprint density at radius 3 is 2.46 bits per heavy atom. The van der Waals surface area contributed by atoms with Crippen LogP contribution in [-0.4, -0.2) is 71.2 Å². The number of amides is 2. The molecule has 4 N–H and O–H groups in total. The number of ether oxygens (including phenoxy) is 1. The van der Waals surface area contributed by atoms with Gasteiger partial charge in [0.05, 0.1) is 11.8 Å². The lowest BCUT2D eigenvalue weighted by Gasteiger charge is -2.18. The number of nitrogens with zero attached hydrogens (tertiary/aromatic N) is 7. The zero-order chi connectivity index (χ0) is 28.3. The molecule has 2 aromatic carbocycles. The fraction of sp³-hybridized carbons (Fsp3) is 0.179. The van der Waals surface area contributed by atoms with Crippen LogP contribution in [0.25, 0.3) is 22.3 Å². The minimum absolute atomic E-state index is 0.0862. The van der Waals surface area contributed by atoms with Crippen LogP contribution in [0, 0.1) is 0 Å². The zero-order valence-electron chi connectivity index (χ0n) is 22.1. The van der Waals surface area contributed by atoms with E-state index < -0.39 is 0 Å². The van der Waals surface area contributed by atoms with Crippen LogP contribution in [0.5, 0.6) is 11.8 Å². The van der Waals surface area contributed by atoms with Crippen molar-refractivity contribution in [2.24, 2.45) is 7.05 Å². The Balaban J connectivity index is 1.06. The maximum atomic E-state index is 13.2. The molecule has 6 rings (SSSR count). The highest BCUT2D eigenvalue weighted by molar-refractivity contribution is 6.00. The van der Waals surface area contributed by atoms with E-state index in [-0.39, 0.29) is 29.7 Å². The summed E-state index contributed by atoms with van der Waals surface area (Å²) in [7, 11) is 1.82. The molecular weight excluding hydrogens is 524 g/mol. The number of likely N-dealkylation sites (tertiary alicyclic amines) is 1. The number of nitrogens with one attached hydrogen (secondary N) is 2. The smallest absolute Gasteiger partial charge is 0.361 e. The van der Waals surface area contributed by atoms with Crippen molar-refractivity contribution < 1.29 is 14.3 Å². The van der Waals surface area contributed by atoms with Crippen molar-refractivity contribution in [2.45, 2.75) is 12.5 Å². The number of hydrogen-bond acceptors (Lipinski definition) is 9. The molecule has 1 aliphatic heterocycles. The van der Waals surface area contributed by atoms with Crippen molar-refractivity contribution >= 4 is 17.6 Å². The maximum absolute atomic E-state index is 13.2. The summed E-state index contributed by atoms with van der Waals surface area (Å²) in [5.74, 6) is 0.322. The van der Waals surface area contributed by atoms with Crippen LogP contribution in [0.1, 0.15) is 27.1 Å². The SMILES string of the molecule is Cn1cc(-c2cnc(N)c(C(=O)N[C@@H]3CCN(C(=O)c4ccc(-c5ccc(Oc6nn[nH]n6)cc5)cc4)C3)c2)cn1. The number of hydrogen-bond donors (Lipinski definition) is 3. The Labute approximate surface area is 234 Å². The summed E-state index contributed by atoms with van der Waals surface area (Å²) in [5.41, 5.74) is 10.4. The molecule has 0 unspecified atom stereocenters. The third-order valence-electron chi connectivity index (χ3n) is 6.87. The Morgan fingerprint density at radius 2 is 1.78 bits per heavy atom. The number of aromatic nitrogens is 7. The second kappa shape index (κ2) is 10.9. The molecule has 0 radical (unpaired) electrons. The average molecular weight is 551 g/mol. The Morgan fingerprint density at radius 1 is 1.02 bits per heavy atom. The molecule has 41 heavy (non-hydrogen) atoms. The fourth-order valence-electron chi connectivity index (χ4n) is 4.72. The topological polar surface area (TPSA) is 170 Å². The number of carbonyl (C=O) groups excluding carboxylic acids is 2. The minimum Gasteiger partial charge on any atom is -0.422 e. The van der Waals surface area contributed by atoms with E-state index in [0.29, 0.717) is 36.4 Å². The molecule has 13 heteroatoms. The highest BCUT2D eigenvalue weighted by Crippen LogP contribution is 2.26. The highest BCUT2D eigenvalue weighted by Gasteiger charge is 2.29. The first-order valence-corrected chi connectivity index (χ1v) is 12.9. The van der Waals surface area contributed by atoms with E-state index in [1.54, 1.807) is 28.0 Å². The predicted octanol–water partition coefficient (Wildman–Crippen LogP) is 2.68. The number of carbonyl (C=O) groups is 2. The van der Waals surface area contributed by atoms with Crippen LogP contribution >= 0.6 is 0 Å². The van der Waals surface area contributed by atoms with Crippen LogP contribution in [0.2, 0.25) is 0 Å². The van der Waals surface area contributed by atoms with Gasteiger partial charge in [0, 0.05) is 55.3 Å². The molecule has 0 saturated carbocycles. The molecule has 0 aliphatic carbocycles. The van der Waals surface area contributed by atoms with Crippen LogP contribution in [0.3, 0.4) is 0 Å². The summed E-state index contributed by atoms with van der Waals surface area (Å²) in [6, 6.07) is 16.5. The molecule has 1 atom stereocenters. The second-order valence-electron chi connectivity index (χ2n) is 9.67. The fourth-order valence-corrected chi connectivity index (χ4v) is 4.72. The monoisotopic (exact) mass is 550 g/mol. The molecule has 4 heterocycles. The Kier molecular flexibility index (Phi) is 6.81. The first kappa shape index (κ1) is 25.7. The molecule has 1 aliphatic rings. The van der Waals surface area contributed by atoms with E-state index in [9.17, 15) is 9.59 Å². The number of anilines is 1. The molecule has 0 bridgehead atoms. The van der Waals surface area contributed by atoms with Crippen molar-refractivity contribution in [3.63, 3.8) is 0 Å².